The van der Waals surface area contributed by atoms with Crippen molar-refractivity contribution in [3.8, 4) is 11.5 Å². The number of hydrogen-bond donors (Lipinski definition) is 0. The lowest BCUT2D eigenvalue weighted by atomic mass is 9.82. The number of ether oxygens (including phenoxy) is 2. The lowest BCUT2D eigenvalue weighted by Gasteiger charge is -2.41. The second kappa shape index (κ2) is 6.71. The Balaban J connectivity index is 1.39. The third kappa shape index (κ3) is 2.69. The number of piperidine rings is 1. The van der Waals surface area contributed by atoms with Crippen molar-refractivity contribution in [1.29, 1.82) is 0 Å². The van der Waals surface area contributed by atoms with E-state index in [1.54, 1.807) is 6.07 Å². The highest BCUT2D eigenvalue weighted by Gasteiger charge is 2.49. The Hall–Kier alpha value is -3.60. The standard InChI is InChI=1S/C26H21NO4/c28-24(23-18-9-2-5-12-21(18)30-22-13-6-3-10-19(22)23)27-15-7-14-26(16-27)20-11-4-1-8-17(20)25(29)31-26/h1-6,8-13,23H,7,14-16H2. The van der Waals surface area contributed by atoms with Crippen LogP contribution in [0.5, 0.6) is 11.5 Å². The topological polar surface area (TPSA) is 55.8 Å². The van der Waals surface area contributed by atoms with Crippen molar-refractivity contribution >= 4 is 11.9 Å². The number of carbonyl (C=O) groups is 2. The van der Waals surface area contributed by atoms with Gasteiger partial charge < -0.3 is 14.4 Å². The minimum Gasteiger partial charge on any atom is -0.457 e. The van der Waals surface area contributed by atoms with Crippen molar-refractivity contribution < 1.29 is 19.1 Å². The third-order valence-electron chi connectivity index (χ3n) is 6.62. The Morgan fingerprint density at radius 1 is 0.903 bits per heavy atom. The number of esters is 1. The summed E-state index contributed by atoms with van der Waals surface area (Å²) in [6.45, 7) is 1.01. The van der Waals surface area contributed by atoms with Crippen LogP contribution in [-0.2, 0) is 15.1 Å². The first-order valence-electron chi connectivity index (χ1n) is 10.6. The molecule has 1 amide bonds. The number of fused-ring (bicyclic) bond motifs is 4. The van der Waals surface area contributed by atoms with E-state index in [0.717, 1.165) is 29.5 Å². The number of para-hydroxylation sites is 2. The molecule has 3 aromatic carbocycles. The molecule has 1 atom stereocenters. The average molecular weight is 411 g/mol. The second-order valence-corrected chi connectivity index (χ2v) is 8.40. The van der Waals surface area contributed by atoms with Crippen LogP contribution in [-0.4, -0.2) is 29.9 Å². The number of likely N-dealkylation sites (tertiary alicyclic amines) is 1. The Morgan fingerprint density at radius 3 is 2.29 bits per heavy atom. The van der Waals surface area contributed by atoms with E-state index in [-0.39, 0.29) is 11.9 Å². The Morgan fingerprint density at radius 2 is 1.55 bits per heavy atom. The molecule has 31 heavy (non-hydrogen) atoms. The third-order valence-corrected chi connectivity index (χ3v) is 6.62. The van der Waals surface area contributed by atoms with E-state index in [4.69, 9.17) is 9.47 Å². The molecule has 3 aliphatic rings. The second-order valence-electron chi connectivity index (χ2n) is 8.40. The summed E-state index contributed by atoms with van der Waals surface area (Å²) >= 11 is 0. The largest absolute Gasteiger partial charge is 0.457 e. The van der Waals surface area contributed by atoms with Gasteiger partial charge in [-0.15, -0.1) is 0 Å². The molecule has 0 bridgehead atoms. The molecular weight excluding hydrogens is 390 g/mol. The van der Waals surface area contributed by atoms with Crippen molar-refractivity contribution in [3.05, 3.63) is 95.1 Å². The van der Waals surface area contributed by atoms with E-state index < -0.39 is 11.5 Å². The van der Waals surface area contributed by atoms with Crippen molar-refractivity contribution in [1.82, 2.24) is 4.90 Å². The van der Waals surface area contributed by atoms with Gasteiger partial charge in [-0.05, 0) is 31.0 Å². The van der Waals surface area contributed by atoms with E-state index in [2.05, 4.69) is 0 Å². The Labute approximate surface area is 180 Å². The summed E-state index contributed by atoms with van der Waals surface area (Å²) in [5.74, 6) is 0.700. The van der Waals surface area contributed by atoms with Gasteiger partial charge in [-0.1, -0.05) is 54.6 Å². The zero-order valence-corrected chi connectivity index (χ0v) is 16.9. The van der Waals surface area contributed by atoms with E-state index in [1.807, 2.05) is 71.6 Å². The lowest BCUT2D eigenvalue weighted by molar-refractivity contribution is -0.139. The highest BCUT2D eigenvalue weighted by atomic mass is 16.6. The maximum absolute atomic E-state index is 13.9. The van der Waals surface area contributed by atoms with Crippen LogP contribution in [0.4, 0.5) is 0 Å². The molecule has 0 aliphatic carbocycles. The molecule has 0 radical (unpaired) electrons. The fourth-order valence-electron chi connectivity index (χ4n) is 5.22. The molecular formula is C26H21NO4. The molecule has 5 heteroatoms. The van der Waals surface area contributed by atoms with Gasteiger partial charge >= 0.3 is 5.97 Å². The molecule has 1 fully saturated rings. The lowest BCUT2D eigenvalue weighted by Crippen LogP contribution is -2.50. The van der Waals surface area contributed by atoms with E-state index in [0.29, 0.717) is 30.2 Å². The fourth-order valence-corrected chi connectivity index (χ4v) is 5.22. The van der Waals surface area contributed by atoms with Crippen LogP contribution in [0, 0.1) is 0 Å². The Bertz CT molecular complexity index is 1170. The van der Waals surface area contributed by atoms with Crippen molar-refractivity contribution in [2.75, 3.05) is 13.1 Å². The predicted octanol–water partition coefficient (Wildman–Crippen LogP) is 4.61. The SMILES string of the molecule is O=C1OC2(CCCN(C(=O)C3c4ccccc4Oc4ccccc43)C2)c2ccccc21. The first-order chi connectivity index (χ1) is 15.2. The van der Waals surface area contributed by atoms with Crippen LogP contribution >= 0.6 is 0 Å². The van der Waals surface area contributed by atoms with Gasteiger partial charge in [-0.2, -0.15) is 0 Å². The predicted molar refractivity (Wildman–Crippen MR) is 114 cm³/mol. The molecule has 1 spiro atoms. The highest BCUT2D eigenvalue weighted by Crippen LogP contribution is 2.47. The molecule has 3 heterocycles. The molecule has 3 aromatic rings. The maximum atomic E-state index is 13.9. The average Bonchev–Trinajstić information content (AvgIpc) is 3.08. The number of nitrogens with zero attached hydrogens (tertiary/aromatic N) is 1. The maximum Gasteiger partial charge on any atom is 0.339 e. The van der Waals surface area contributed by atoms with Gasteiger partial charge in [0, 0.05) is 23.2 Å². The van der Waals surface area contributed by atoms with Crippen LogP contribution in [0.1, 0.15) is 45.8 Å². The van der Waals surface area contributed by atoms with Crippen molar-refractivity contribution in [2.24, 2.45) is 0 Å². The van der Waals surface area contributed by atoms with Crippen LogP contribution in [0.25, 0.3) is 0 Å². The summed E-state index contributed by atoms with van der Waals surface area (Å²) in [6.07, 6.45) is 1.50. The molecule has 1 saturated heterocycles. The molecule has 0 saturated carbocycles. The quantitative estimate of drug-likeness (QED) is 0.549. The van der Waals surface area contributed by atoms with Gasteiger partial charge in [0.05, 0.1) is 18.0 Å². The number of amides is 1. The molecule has 154 valence electrons. The van der Waals surface area contributed by atoms with Gasteiger partial charge in [-0.25, -0.2) is 4.79 Å². The number of hydrogen-bond acceptors (Lipinski definition) is 4. The fraction of sp³-hybridized carbons (Fsp3) is 0.231. The highest BCUT2D eigenvalue weighted by molar-refractivity contribution is 5.95. The van der Waals surface area contributed by atoms with Gasteiger partial charge in [0.15, 0.2) is 5.60 Å². The van der Waals surface area contributed by atoms with Crippen LogP contribution in [0.3, 0.4) is 0 Å². The van der Waals surface area contributed by atoms with E-state index >= 15 is 0 Å². The summed E-state index contributed by atoms with van der Waals surface area (Å²) in [5.41, 5.74) is 2.49. The van der Waals surface area contributed by atoms with Crippen LogP contribution in [0.2, 0.25) is 0 Å². The van der Waals surface area contributed by atoms with E-state index in [9.17, 15) is 9.59 Å². The van der Waals surface area contributed by atoms with Gasteiger partial charge in [0.25, 0.3) is 0 Å². The number of carbonyl (C=O) groups excluding carboxylic acids is 2. The van der Waals surface area contributed by atoms with Gasteiger partial charge in [-0.3, -0.25) is 4.79 Å². The minimum atomic E-state index is -0.758. The molecule has 1 unspecified atom stereocenters. The van der Waals surface area contributed by atoms with Gasteiger partial charge in [0.1, 0.15) is 11.5 Å². The molecule has 6 rings (SSSR count). The normalized spacial score (nSPS) is 21.7. The van der Waals surface area contributed by atoms with Crippen molar-refractivity contribution in [2.45, 2.75) is 24.4 Å². The summed E-state index contributed by atoms with van der Waals surface area (Å²) in [4.78, 5) is 28.3. The van der Waals surface area contributed by atoms with Gasteiger partial charge in [0.2, 0.25) is 5.91 Å². The van der Waals surface area contributed by atoms with Crippen molar-refractivity contribution in [3.63, 3.8) is 0 Å². The summed E-state index contributed by atoms with van der Waals surface area (Å²) < 4.78 is 12.0. The monoisotopic (exact) mass is 411 g/mol. The number of rotatable bonds is 1. The first-order valence-corrected chi connectivity index (χ1v) is 10.6. The molecule has 0 aromatic heterocycles. The Kier molecular flexibility index (Phi) is 3.93. The number of benzene rings is 3. The minimum absolute atomic E-state index is 0.0164. The van der Waals surface area contributed by atoms with Crippen LogP contribution in [0.15, 0.2) is 72.8 Å². The molecule has 0 N–H and O–H groups in total. The van der Waals surface area contributed by atoms with E-state index in [1.165, 1.54) is 0 Å². The zero-order valence-electron chi connectivity index (χ0n) is 16.9. The smallest absolute Gasteiger partial charge is 0.339 e. The zero-order chi connectivity index (χ0) is 21.0. The summed E-state index contributed by atoms with van der Waals surface area (Å²) in [7, 11) is 0. The van der Waals surface area contributed by atoms with Crippen LogP contribution < -0.4 is 4.74 Å². The first kappa shape index (κ1) is 18.2. The summed E-state index contributed by atoms with van der Waals surface area (Å²) in [6, 6.07) is 22.9. The molecule has 3 aliphatic heterocycles. The summed E-state index contributed by atoms with van der Waals surface area (Å²) in [5, 5.41) is 0. The molecule has 5 nitrogen and oxygen atoms in total.